The molecule has 1 aromatic rings. The van der Waals surface area contributed by atoms with Gasteiger partial charge in [-0.05, 0) is 43.7 Å². The summed E-state index contributed by atoms with van der Waals surface area (Å²) in [5.74, 6) is 0.255. The first kappa shape index (κ1) is 21.9. The number of rotatable bonds is 2. The standard InChI is InChI=1S/C12H18.C4H8O.C4H8/c1-5-10-6-8-11(9-7-10)12(2,3)4;1-3-4(2)5;1-4(2)3/h6-9H,5H2,1-4H3;3H2,1-2H3;1H2,2-3H3. The van der Waals surface area contributed by atoms with Crippen LogP contribution in [0.2, 0.25) is 0 Å². The summed E-state index contributed by atoms with van der Waals surface area (Å²) in [6.07, 6.45) is 1.80. The van der Waals surface area contributed by atoms with Gasteiger partial charge < -0.3 is 4.79 Å². The normalized spacial score (nSPS) is 9.71. The first-order chi connectivity index (χ1) is 9.54. The first-order valence-electron chi connectivity index (χ1n) is 7.75. The van der Waals surface area contributed by atoms with Crippen molar-refractivity contribution < 1.29 is 4.79 Å². The molecule has 0 spiro atoms. The summed E-state index contributed by atoms with van der Waals surface area (Å²) in [4.78, 5) is 9.81. The molecule has 0 amide bonds. The van der Waals surface area contributed by atoms with Crippen molar-refractivity contribution >= 4 is 5.78 Å². The second kappa shape index (κ2) is 11.3. The van der Waals surface area contributed by atoms with E-state index in [2.05, 4.69) is 58.5 Å². The zero-order valence-corrected chi connectivity index (χ0v) is 15.3. The smallest absolute Gasteiger partial charge is 0.129 e. The van der Waals surface area contributed by atoms with E-state index in [1.807, 2.05) is 20.8 Å². The molecule has 0 N–H and O–H groups in total. The van der Waals surface area contributed by atoms with Gasteiger partial charge in [-0.2, -0.15) is 0 Å². The Balaban J connectivity index is 0. The van der Waals surface area contributed by atoms with E-state index in [1.54, 1.807) is 6.92 Å². The molecule has 0 unspecified atom stereocenters. The summed E-state index contributed by atoms with van der Waals surface area (Å²) < 4.78 is 0. The van der Waals surface area contributed by atoms with E-state index in [-0.39, 0.29) is 11.2 Å². The van der Waals surface area contributed by atoms with Crippen LogP contribution in [0.5, 0.6) is 0 Å². The van der Waals surface area contributed by atoms with Crippen LogP contribution in [0.1, 0.15) is 72.9 Å². The topological polar surface area (TPSA) is 17.1 Å². The molecule has 0 aromatic heterocycles. The van der Waals surface area contributed by atoms with Gasteiger partial charge in [-0.1, -0.05) is 64.5 Å². The lowest BCUT2D eigenvalue weighted by Crippen LogP contribution is -2.10. The van der Waals surface area contributed by atoms with Crippen molar-refractivity contribution in [2.24, 2.45) is 0 Å². The van der Waals surface area contributed by atoms with Crippen molar-refractivity contribution in [1.29, 1.82) is 0 Å². The first-order valence-corrected chi connectivity index (χ1v) is 7.75. The molecule has 0 saturated carbocycles. The van der Waals surface area contributed by atoms with Crippen LogP contribution in [0.4, 0.5) is 0 Å². The second-order valence-electron chi connectivity index (χ2n) is 6.56. The lowest BCUT2D eigenvalue weighted by atomic mass is 9.86. The quantitative estimate of drug-likeness (QED) is 0.600. The average Bonchev–Trinajstić information content (AvgIpc) is 2.38. The van der Waals surface area contributed by atoms with Crippen molar-refractivity contribution in [3.63, 3.8) is 0 Å². The largest absolute Gasteiger partial charge is 0.300 e. The van der Waals surface area contributed by atoms with Crippen LogP contribution in [0.15, 0.2) is 36.4 Å². The second-order valence-corrected chi connectivity index (χ2v) is 6.56. The highest BCUT2D eigenvalue weighted by Crippen LogP contribution is 2.22. The summed E-state index contributed by atoms with van der Waals surface area (Å²) in [6.45, 7) is 19.9. The summed E-state index contributed by atoms with van der Waals surface area (Å²) in [5, 5.41) is 0. The third-order valence-corrected chi connectivity index (χ3v) is 2.73. The molecule has 0 fully saturated rings. The molecule has 1 aromatic carbocycles. The highest BCUT2D eigenvalue weighted by atomic mass is 16.1. The minimum absolute atomic E-state index is 0.255. The molecular formula is C20H34O. The molecule has 0 bridgehead atoms. The molecule has 0 heterocycles. The number of Topliss-reactive ketones (excluding diaryl/α,β-unsaturated/α-hetero) is 1. The maximum Gasteiger partial charge on any atom is 0.129 e. The van der Waals surface area contributed by atoms with Crippen molar-refractivity contribution in [2.45, 2.75) is 73.6 Å². The molecule has 1 rings (SSSR count). The number of allylic oxidation sites excluding steroid dienone is 1. The Morgan fingerprint density at radius 2 is 1.33 bits per heavy atom. The third-order valence-electron chi connectivity index (χ3n) is 2.73. The van der Waals surface area contributed by atoms with Gasteiger partial charge >= 0.3 is 0 Å². The van der Waals surface area contributed by atoms with Crippen molar-refractivity contribution in [1.82, 2.24) is 0 Å². The predicted molar refractivity (Wildman–Crippen MR) is 96.0 cm³/mol. The van der Waals surface area contributed by atoms with Crippen LogP contribution >= 0.6 is 0 Å². The highest BCUT2D eigenvalue weighted by Gasteiger charge is 2.12. The van der Waals surface area contributed by atoms with E-state index in [4.69, 9.17) is 0 Å². The molecule has 0 aliphatic heterocycles. The van der Waals surface area contributed by atoms with Gasteiger partial charge in [0, 0.05) is 6.42 Å². The lowest BCUT2D eigenvalue weighted by Gasteiger charge is -2.18. The number of hydrogen-bond donors (Lipinski definition) is 0. The summed E-state index contributed by atoms with van der Waals surface area (Å²) in [5.41, 5.74) is 4.29. The Morgan fingerprint density at radius 3 is 1.52 bits per heavy atom. The van der Waals surface area contributed by atoms with Crippen LogP contribution in [-0.4, -0.2) is 5.78 Å². The fourth-order valence-electron chi connectivity index (χ4n) is 1.24. The van der Waals surface area contributed by atoms with E-state index in [0.717, 1.165) is 6.42 Å². The van der Waals surface area contributed by atoms with E-state index in [0.29, 0.717) is 6.42 Å². The minimum Gasteiger partial charge on any atom is -0.300 e. The number of carbonyl (C=O) groups excluding carboxylic acids is 1. The SMILES string of the molecule is C=C(C)C.CCC(C)=O.CCc1ccc(C(C)(C)C)cc1. The van der Waals surface area contributed by atoms with Crippen LogP contribution < -0.4 is 0 Å². The number of hydrogen-bond acceptors (Lipinski definition) is 1. The van der Waals surface area contributed by atoms with E-state index >= 15 is 0 Å². The third kappa shape index (κ3) is 14.8. The van der Waals surface area contributed by atoms with Crippen LogP contribution in [0, 0.1) is 0 Å². The van der Waals surface area contributed by atoms with Crippen LogP contribution in [-0.2, 0) is 16.6 Å². The van der Waals surface area contributed by atoms with Gasteiger partial charge in [-0.25, -0.2) is 0 Å². The van der Waals surface area contributed by atoms with Crippen LogP contribution in [0.3, 0.4) is 0 Å². The molecule has 1 heteroatoms. The maximum atomic E-state index is 9.81. The molecule has 0 saturated heterocycles. The molecule has 0 aliphatic carbocycles. The molecular weight excluding hydrogens is 256 g/mol. The highest BCUT2D eigenvalue weighted by molar-refractivity contribution is 5.74. The zero-order valence-electron chi connectivity index (χ0n) is 15.3. The lowest BCUT2D eigenvalue weighted by molar-refractivity contribution is -0.116. The van der Waals surface area contributed by atoms with Gasteiger partial charge in [0.2, 0.25) is 0 Å². The van der Waals surface area contributed by atoms with Gasteiger partial charge in [0.15, 0.2) is 0 Å². The number of ketones is 1. The van der Waals surface area contributed by atoms with Crippen molar-refractivity contribution in [3.8, 4) is 0 Å². The summed E-state index contributed by atoms with van der Waals surface area (Å²) >= 11 is 0. The van der Waals surface area contributed by atoms with E-state index in [9.17, 15) is 4.79 Å². The van der Waals surface area contributed by atoms with E-state index in [1.165, 1.54) is 16.7 Å². The molecule has 1 nitrogen and oxygen atoms in total. The fourth-order valence-corrected chi connectivity index (χ4v) is 1.24. The van der Waals surface area contributed by atoms with Gasteiger partial charge in [-0.3, -0.25) is 0 Å². The summed E-state index contributed by atoms with van der Waals surface area (Å²) in [7, 11) is 0. The van der Waals surface area contributed by atoms with Gasteiger partial charge in [0.1, 0.15) is 5.78 Å². The number of carbonyl (C=O) groups is 1. The van der Waals surface area contributed by atoms with Crippen molar-refractivity contribution in [2.75, 3.05) is 0 Å². The van der Waals surface area contributed by atoms with Gasteiger partial charge in [0.25, 0.3) is 0 Å². The Bertz CT molecular complexity index is 400. The molecule has 120 valence electrons. The Labute approximate surface area is 132 Å². The fraction of sp³-hybridized carbons (Fsp3) is 0.550. The van der Waals surface area contributed by atoms with Gasteiger partial charge in [0.05, 0.1) is 0 Å². The number of aryl methyl sites for hydroxylation is 1. The monoisotopic (exact) mass is 290 g/mol. The predicted octanol–water partition coefficient (Wildman–Crippen LogP) is 6.11. The molecule has 0 aliphatic rings. The summed E-state index contributed by atoms with van der Waals surface area (Å²) in [6, 6.07) is 8.92. The molecule has 0 atom stereocenters. The Morgan fingerprint density at radius 1 is 1.00 bits per heavy atom. The van der Waals surface area contributed by atoms with Gasteiger partial charge in [-0.15, -0.1) is 6.58 Å². The molecule has 21 heavy (non-hydrogen) atoms. The zero-order chi connectivity index (χ0) is 17.1. The van der Waals surface area contributed by atoms with Crippen LogP contribution in [0.25, 0.3) is 0 Å². The minimum atomic E-state index is 0.255. The average molecular weight is 290 g/mol. The Kier molecular flexibility index (Phi) is 11.8. The maximum absolute atomic E-state index is 9.81. The van der Waals surface area contributed by atoms with E-state index < -0.39 is 0 Å². The number of benzene rings is 1. The Hall–Kier alpha value is -1.37. The molecule has 0 radical (unpaired) electrons. The van der Waals surface area contributed by atoms with Crippen molar-refractivity contribution in [3.05, 3.63) is 47.5 Å².